The molecule has 0 bridgehead atoms. The second-order valence-electron chi connectivity index (χ2n) is 5.94. The van der Waals surface area contributed by atoms with Gasteiger partial charge in [0.25, 0.3) is 0 Å². The van der Waals surface area contributed by atoms with Crippen molar-refractivity contribution in [3.63, 3.8) is 0 Å². The molecule has 0 aliphatic carbocycles. The first kappa shape index (κ1) is 16.1. The quantitative estimate of drug-likeness (QED) is 0.758. The lowest BCUT2D eigenvalue weighted by Crippen LogP contribution is -2.25. The molecule has 5 nitrogen and oxygen atoms in total. The summed E-state index contributed by atoms with van der Waals surface area (Å²) >= 11 is 0. The summed E-state index contributed by atoms with van der Waals surface area (Å²) in [5.41, 5.74) is 3.75. The lowest BCUT2D eigenvalue weighted by Gasteiger charge is -2.16. The Morgan fingerprint density at radius 1 is 1.17 bits per heavy atom. The summed E-state index contributed by atoms with van der Waals surface area (Å²) in [5, 5.41) is 2.95. The number of H-pyrrole nitrogens is 1. The minimum Gasteiger partial charge on any atom is -0.350 e. The SMILES string of the molecule is CCC(NC(C)=O)c1ccc(Cn2c(=O)[nH]c3ccccc32)cc1. The van der Waals surface area contributed by atoms with E-state index in [0.717, 1.165) is 28.6 Å². The first-order valence-corrected chi connectivity index (χ1v) is 8.12. The molecule has 1 unspecified atom stereocenters. The van der Waals surface area contributed by atoms with Crippen molar-refractivity contribution in [2.24, 2.45) is 0 Å². The fourth-order valence-electron chi connectivity index (χ4n) is 2.97. The highest BCUT2D eigenvalue weighted by molar-refractivity contribution is 5.75. The molecule has 0 spiro atoms. The topological polar surface area (TPSA) is 66.9 Å². The van der Waals surface area contributed by atoms with E-state index in [1.54, 1.807) is 4.57 Å². The maximum atomic E-state index is 12.1. The molecular weight excluding hydrogens is 302 g/mol. The van der Waals surface area contributed by atoms with Gasteiger partial charge in [-0.3, -0.25) is 9.36 Å². The van der Waals surface area contributed by atoms with Gasteiger partial charge in [-0.15, -0.1) is 0 Å². The van der Waals surface area contributed by atoms with Crippen LogP contribution in [0.5, 0.6) is 0 Å². The zero-order chi connectivity index (χ0) is 17.1. The van der Waals surface area contributed by atoms with E-state index in [1.807, 2.05) is 55.5 Å². The van der Waals surface area contributed by atoms with Gasteiger partial charge in [-0.2, -0.15) is 0 Å². The van der Waals surface area contributed by atoms with Gasteiger partial charge >= 0.3 is 5.69 Å². The van der Waals surface area contributed by atoms with E-state index in [9.17, 15) is 9.59 Å². The fourth-order valence-corrected chi connectivity index (χ4v) is 2.97. The molecular formula is C19H21N3O2. The van der Waals surface area contributed by atoms with Gasteiger partial charge < -0.3 is 10.3 Å². The van der Waals surface area contributed by atoms with Gasteiger partial charge in [0.05, 0.1) is 23.6 Å². The molecule has 0 aliphatic rings. The van der Waals surface area contributed by atoms with E-state index in [-0.39, 0.29) is 17.6 Å². The molecule has 1 atom stereocenters. The maximum Gasteiger partial charge on any atom is 0.326 e. The van der Waals surface area contributed by atoms with Gasteiger partial charge in [-0.05, 0) is 29.7 Å². The maximum absolute atomic E-state index is 12.1. The van der Waals surface area contributed by atoms with Crippen LogP contribution in [-0.4, -0.2) is 15.5 Å². The number of amides is 1. The number of para-hydroxylation sites is 2. The Labute approximate surface area is 140 Å². The average molecular weight is 323 g/mol. The zero-order valence-electron chi connectivity index (χ0n) is 13.9. The van der Waals surface area contributed by atoms with E-state index in [4.69, 9.17) is 0 Å². The van der Waals surface area contributed by atoms with E-state index in [0.29, 0.717) is 6.54 Å². The van der Waals surface area contributed by atoms with Crippen molar-refractivity contribution in [1.29, 1.82) is 0 Å². The van der Waals surface area contributed by atoms with Gasteiger partial charge in [-0.25, -0.2) is 4.79 Å². The molecule has 2 N–H and O–H groups in total. The summed E-state index contributed by atoms with van der Waals surface area (Å²) in [4.78, 5) is 26.3. The summed E-state index contributed by atoms with van der Waals surface area (Å²) in [7, 11) is 0. The summed E-state index contributed by atoms with van der Waals surface area (Å²) in [6.45, 7) is 4.08. The number of carbonyl (C=O) groups is 1. The molecule has 0 saturated carbocycles. The highest BCUT2D eigenvalue weighted by Gasteiger charge is 2.11. The van der Waals surface area contributed by atoms with Crippen molar-refractivity contribution >= 4 is 16.9 Å². The Balaban J connectivity index is 1.84. The third-order valence-electron chi connectivity index (χ3n) is 4.19. The number of fused-ring (bicyclic) bond motifs is 1. The van der Waals surface area contributed by atoms with Crippen molar-refractivity contribution in [2.75, 3.05) is 0 Å². The minimum atomic E-state index is -0.107. The predicted octanol–water partition coefficient (Wildman–Crippen LogP) is 2.97. The largest absolute Gasteiger partial charge is 0.350 e. The number of aromatic amines is 1. The summed E-state index contributed by atoms with van der Waals surface area (Å²) < 4.78 is 1.73. The van der Waals surface area contributed by atoms with Crippen LogP contribution in [0.1, 0.15) is 37.4 Å². The van der Waals surface area contributed by atoms with Crippen molar-refractivity contribution in [2.45, 2.75) is 32.9 Å². The van der Waals surface area contributed by atoms with Gasteiger partial charge in [0, 0.05) is 6.92 Å². The van der Waals surface area contributed by atoms with Crippen LogP contribution in [0.2, 0.25) is 0 Å². The molecule has 24 heavy (non-hydrogen) atoms. The first-order valence-electron chi connectivity index (χ1n) is 8.12. The highest BCUT2D eigenvalue weighted by Crippen LogP contribution is 2.18. The number of benzene rings is 2. The van der Waals surface area contributed by atoms with E-state index in [2.05, 4.69) is 10.3 Å². The standard InChI is InChI=1S/C19H21N3O2/c1-3-16(20-13(2)23)15-10-8-14(9-11-15)12-22-18-7-5-4-6-17(18)21-19(22)24/h4-11,16H,3,12H2,1-2H3,(H,20,23)(H,21,24). The van der Waals surface area contributed by atoms with Crippen LogP contribution in [-0.2, 0) is 11.3 Å². The molecule has 5 heteroatoms. The predicted molar refractivity (Wildman–Crippen MR) is 95.0 cm³/mol. The van der Waals surface area contributed by atoms with Crippen LogP contribution in [0.15, 0.2) is 53.3 Å². The smallest absolute Gasteiger partial charge is 0.326 e. The molecule has 0 aliphatic heterocycles. The summed E-state index contributed by atoms with van der Waals surface area (Å²) in [5.74, 6) is -0.0312. The molecule has 1 heterocycles. The lowest BCUT2D eigenvalue weighted by atomic mass is 10.0. The number of rotatable bonds is 5. The Bertz CT molecular complexity index is 906. The molecule has 1 aromatic heterocycles. The number of imidazole rings is 1. The highest BCUT2D eigenvalue weighted by atomic mass is 16.1. The van der Waals surface area contributed by atoms with E-state index < -0.39 is 0 Å². The fraction of sp³-hybridized carbons (Fsp3) is 0.263. The Morgan fingerprint density at radius 2 is 1.88 bits per heavy atom. The van der Waals surface area contributed by atoms with Crippen LogP contribution < -0.4 is 11.0 Å². The molecule has 3 rings (SSSR count). The normalized spacial score (nSPS) is 12.2. The number of nitrogens with zero attached hydrogens (tertiary/aromatic N) is 1. The van der Waals surface area contributed by atoms with Crippen LogP contribution in [0.4, 0.5) is 0 Å². The van der Waals surface area contributed by atoms with Crippen LogP contribution >= 0.6 is 0 Å². The molecule has 0 fully saturated rings. The summed E-state index contributed by atoms with van der Waals surface area (Å²) in [6.07, 6.45) is 0.834. The lowest BCUT2D eigenvalue weighted by molar-refractivity contribution is -0.119. The number of hydrogen-bond donors (Lipinski definition) is 2. The van der Waals surface area contributed by atoms with E-state index in [1.165, 1.54) is 6.92 Å². The second kappa shape index (κ2) is 6.74. The molecule has 2 aromatic carbocycles. The third kappa shape index (κ3) is 3.25. The van der Waals surface area contributed by atoms with Gasteiger partial charge in [0.1, 0.15) is 0 Å². The van der Waals surface area contributed by atoms with Crippen molar-refractivity contribution in [1.82, 2.24) is 14.9 Å². The van der Waals surface area contributed by atoms with Crippen molar-refractivity contribution in [3.05, 3.63) is 70.1 Å². The number of hydrogen-bond acceptors (Lipinski definition) is 2. The van der Waals surface area contributed by atoms with Crippen LogP contribution in [0, 0.1) is 0 Å². The van der Waals surface area contributed by atoms with Gasteiger partial charge in [0.2, 0.25) is 5.91 Å². The third-order valence-corrected chi connectivity index (χ3v) is 4.19. The van der Waals surface area contributed by atoms with Crippen molar-refractivity contribution < 1.29 is 4.79 Å². The zero-order valence-corrected chi connectivity index (χ0v) is 13.9. The van der Waals surface area contributed by atoms with E-state index >= 15 is 0 Å². The van der Waals surface area contributed by atoms with Crippen LogP contribution in [0.25, 0.3) is 11.0 Å². The average Bonchev–Trinajstić information content (AvgIpc) is 2.89. The van der Waals surface area contributed by atoms with Gasteiger partial charge in [0.15, 0.2) is 0 Å². The van der Waals surface area contributed by atoms with Gasteiger partial charge in [-0.1, -0.05) is 43.3 Å². The molecule has 0 saturated heterocycles. The monoisotopic (exact) mass is 323 g/mol. The van der Waals surface area contributed by atoms with Crippen molar-refractivity contribution in [3.8, 4) is 0 Å². The molecule has 0 radical (unpaired) electrons. The Morgan fingerprint density at radius 3 is 2.54 bits per heavy atom. The minimum absolute atomic E-state index is 0.0207. The number of nitrogens with one attached hydrogen (secondary N) is 2. The number of aromatic nitrogens is 2. The Hall–Kier alpha value is -2.82. The molecule has 3 aromatic rings. The van der Waals surface area contributed by atoms with Crippen LogP contribution in [0.3, 0.4) is 0 Å². The summed E-state index contributed by atoms with van der Waals surface area (Å²) in [6, 6.07) is 15.7. The molecule has 1 amide bonds. The first-order chi connectivity index (χ1) is 11.6. The molecule has 124 valence electrons. The second-order valence-corrected chi connectivity index (χ2v) is 5.94. The number of carbonyl (C=O) groups excluding carboxylic acids is 1. The Kier molecular flexibility index (Phi) is 4.51.